The minimum atomic E-state index is -1.08. The van der Waals surface area contributed by atoms with Gasteiger partial charge in [0.25, 0.3) is 5.91 Å². The van der Waals surface area contributed by atoms with Gasteiger partial charge in [-0.2, -0.15) is 0 Å². The van der Waals surface area contributed by atoms with Crippen molar-refractivity contribution >= 4 is 11.9 Å². The summed E-state index contributed by atoms with van der Waals surface area (Å²) in [5.41, 5.74) is 0.808. The lowest BCUT2D eigenvalue weighted by Gasteiger charge is -2.21. The average Bonchev–Trinajstić information content (AvgIpc) is 2.70. The van der Waals surface area contributed by atoms with Crippen molar-refractivity contribution in [2.45, 2.75) is 6.04 Å². The summed E-state index contributed by atoms with van der Waals surface area (Å²) in [7, 11) is 5.67. The Bertz CT molecular complexity index is 775. The van der Waals surface area contributed by atoms with Gasteiger partial charge in [-0.05, 0) is 18.2 Å². The van der Waals surface area contributed by atoms with Crippen LogP contribution in [0.1, 0.15) is 22.0 Å². The highest BCUT2D eigenvalue weighted by molar-refractivity contribution is 5.97. The predicted octanol–water partition coefficient (Wildman–Crippen LogP) is 2.36. The lowest BCUT2D eigenvalue weighted by Crippen LogP contribution is -2.34. The van der Waals surface area contributed by atoms with Crippen molar-refractivity contribution in [3.05, 3.63) is 53.6 Å². The van der Waals surface area contributed by atoms with Crippen LogP contribution in [0.4, 0.5) is 0 Å². The quantitative estimate of drug-likeness (QED) is 0.764. The lowest BCUT2D eigenvalue weighted by molar-refractivity contribution is -0.143. The van der Waals surface area contributed by atoms with Crippen LogP contribution in [0, 0.1) is 0 Å². The number of amides is 1. The molecule has 7 nitrogen and oxygen atoms in total. The summed E-state index contributed by atoms with van der Waals surface area (Å²) < 4.78 is 20.7. The molecule has 0 bridgehead atoms. The van der Waals surface area contributed by atoms with Gasteiger partial charge >= 0.3 is 5.97 Å². The van der Waals surface area contributed by atoms with Crippen molar-refractivity contribution in [1.82, 2.24) is 5.32 Å². The second-order valence-electron chi connectivity index (χ2n) is 5.24. The van der Waals surface area contributed by atoms with E-state index in [9.17, 15) is 9.59 Å². The molecule has 0 spiro atoms. The van der Waals surface area contributed by atoms with Crippen LogP contribution in [0.2, 0.25) is 0 Å². The molecule has 0 radical (unpaired) electrons. The van der Waals surface area contributed by atoms with Crippen molar-refractivity contribution < 1.29 is 28.5 Å². The highest BCUT2D eigenvalue weighted by Gasteiger charge is 2.29. The van der Waals surface area contributed by atoms with Crippen LogP contribution in [0.3, 0.4) is 0 Å². The first kappa shape index (κ1) is 19.1. The van der Waals surface area contributed by atoms with E-state index in [0.29, 0.717) is 28.4 Å². The third-order valence-electron chi connectivity index (χ3n) is 3.80. The highest BCUT2D eigenvalue weighted by Crippen LogP contribution is 2.37. The average molecular weight is 359 g/mol. The molecule has 0 heterocycles. The van der Waals surface area contributed by atoms with Crippen molar-refractivity contribution in [2.24, 2.45) is 0 Å². The molecule has 1 N–H and O–H groups in total. The van der Waals surface area contributed by atoms with Gasteiger partial charge in [0.15, 0.2) is 17.5 Å². The highest BCUT2D eigenvalue weighted by atomic mass is 16.5. The number of hydrogen-bond donors (Lipinski definition) is 1. The number of rotatable bonds is 7. The standard InChI is InChI=1S/C19H21NO6/c1-23-14-11-16(25-3)15(24-2)10-13(14)17(19(22)26-4)20-18(21)12-8-6-5-7-9-12/h5-11,17H,1-4H3,(H,20,21). The number of methoxy groups -OCH3 is 4. The lowest BCUT2D eigenvalue weighted by atomic mass is 10.0. The van der Waals surface area contributed by atoms with Crippen molar-refractivity contribution in [3.8, 4) is 17.2 Å². The maximum atomic E-state index is 12.5. The molecule has 0 saturated carbocycles. The fraction of sp³-hybridized carbons (Fsp3) is 0.263. The van der Waals surface area contributed by atoms with Crippen LogP contribution in [0.25, 0.3) is 0 Å². The van der Waals surface area contributed by atoms with E-state index in [1.165, 1.54) is 28.4 Å². The summed E-state index contributed by atoms with van der Waals surface area (Å²) in [5.74, 6) is 0.126. The molecule has 1 atom stereocenters. The van der Waals surface area contributed by atoms with Gasteiger partial charge in [-0.15, -0.1) is 0 Å². The Balaban J connectivity index is 2.46. The molecule has 0 saturated heterocycles. The second-order valence-corrected chi connectivity index (χ2v) is 5.24. The maximum absolute atomic E-state index is 12.5. The Hall–Kier alpha value is -3.22. The number of benzene rings is 2. The third kappa shape index (κ3) is 4.05. The molecule has 138 valence electrons. The number of nitrogens with one attached hydrogen (secondary N) is 1. The van der Waals surface area contributed by atoms with Crippen molar-refractivity contribution in [1.29, 1.82) is 0 Å². The Morgan fingerprint density at radius 2 is 1.42 bits per heavy atom. The molecule has 0 aliphatic rings. The van der Waals surface area contributed by atoms with E-state index in [4.69, 9.17) is 18.9 Å². The van der Waals surface area contributed by atoms with E-state index in [-0.39, 0.29) is 0 Å². The summed E-state index contributed by atoms with van der Waals surface area (Å²) in [6, 6.07) is 10.6. The Morgan fingerprint density at radius 1 is 0.846 bits per heavy atom. The summed E-state index contributed by atoms with van der Waals surface area (Å²) in [5, 5.41) is 2.67. The van der Waals surface area contributed by atoms with E-state index in [1.54, 1.807) is 42.5 Å². The fourth-order valence-electron chi connectivity index (χ4n) is 2.46. The molecule has 1 unspecified atom stereocenters. The molecule has 0 aliphatic carbocycles. The Labute approximate surface area is 151 Å². The first-order valence-corrected chi connectivity index (χ1v) is 7.79. The van der Waals surface area contributed by atoms with E-state index in [2.05, 4.69) is 5.32 Å². The molecular formula is C19H21NO6. The maximum Gasteiger partial charge on any atom is 0.333 e. The van der Waals surface area contributed by atoms with Crippen LogP contribution >= 0.6 is 0 Å². The number of hydrogen-bond acceptors (Lipinski definition) is 6. The summed E-state index contributed by atoms with van der Waals surface area (Å²) >= 11 is 0. The van der Waals surface area contributed by atoms with E-state index < -0.39 is 17.9 Å². The fourth-order valence-corrected chi connectivity index (χ4v) is 2.46. The summed E-state index contributed by atoms with van der Waals surface area (Å²) in [6.45, 7) is 0. The summed E-state index contributed by atoms with van der Waals surface area (Å²) in [4.78, 5) is 24.8. The van der Waals surface area contributed by atoms with Gasteiger partial charge in [0.1, 0.15) is 5.75 Å². The summed E-state index contributed by atoms with van der Waals surface area (Å²) in [6.07, 6.45) is 0. The van der Waals surface area contributed by atoms with Crippen LogP contribution in [-0.2, 0) is 9.53 Å². The monoisotopic (exact) mass is 359 g/mol. The zero-order valence-electron chi connectivity index (χ0n) is 15.1. The first-order chi connectivity index (χ1) is 12.5. The third-order valence-corrected chi connectivity index (χ3v) is 3.80. The number of ether oxygens (including phenoxy) is 4. The van der Waals surface area contributed by atoms with Crippen LogP contribution < -0.4 is 19.5 Å². The molecule has 26 heavy (non-hydrogen) atoms. The zero-order chi connectivity index (χ0) is 19.1. The van der Waals surface area contributed by atoms with Gasteiger partial charge in [-0.3, -0.25) is 4.79 Å². The van der Waals surface area contributed by atoms with Gasteiger partial charge in [0.05, 0.1) is 28.4 Å². The molecule has 1 amide bonds. The van der Waals surface area contributed by atoms with Crippen molar-refractivity contribution in [2.75, 3.05) is 28.4 Å². The molecule has 2 aromatic rings. The largest absolute Gasteiger partial charge is 0.496 e. The van der Waals surface area contributed by atoms with Crippen LogP contribution in [-0.4, -0.2) is 40.3 Å². The molecule has 0 aromatic heterocycles. The molecule has 0 fully saturated rings. The van der Waals surface area contributed by atoms with E-state index in [0.717, 1.165) is 0 Å². The van der Waals surface area contributed by atoms with Crippen molar-refractivity contribution in [3.63, 3.8) is 0 Å². The molecule has 0 aliphatic heterocycles. The number of esters is 1. The van der Waals surface area contributed by atoms with Gasteiger partial charge in [0, 0.05) is 17.2 Å². The smallest absolute Gasteiger partial charge is 0.333 e. The topological polar surface area (TPSA) is 83.1 Å². The van der Waals surface area contributed by atoms with E-state index >= 15 is 0 Å². The minimum Gasteiger partial charge on any atom is -0.496 e. The Morgan fingerprint density at radius 3 is 1.96 bits per heavy atom. The van der Waals surface area contributed by atoms with E-state index in [1.807, 2.05) is 0 Å². The SMILES string of the molecule is COC(=O)C(NC(=O)c1ccccc1)c1cc(OC)c(OC)cc1OC. The Kier molecular flexibility index (Phi) is 6.43. The van der Waals surface area contributed by atoms with Gasteiger partial charge in [-0.1, -0.05) is 18.2 Å². The van der Waals surface area contributed by atoms with Crippen LogP contribution in [0.5, 0.6) is 17.2 Å². The van der Waals surface area contributed by atoms with Gasteiger partial charge < -0.3 is 24.3 Å². The zero-order valence-corrected chi connectivity index (χ0v) is 15.1. The molecule has 7 heteroatoms. The molecular weight excluding hydrogens is 338 g/mol. The predicted molar refractivity (Wildman–Crippen MR) is 94.8 cm³/mol. The number of carbonyl (C=O) groups excluding carboxylic acids is 2. The molecule has 2 rings (SSSR count). The normalized spacial score (nSPS) is 11.2. The number of carbonyl (C=O) groups is 2. The van der Waals surface area contributed by atoms with Gasteiger partial charge in [0.2, 0.25) is 0 Å². The first-order valence-electron chi connectivity index (χ1n) is 7.79. The minimum absolute atomic E-state index is 0.353. The second kappa shape index (κ2) is 8.75. The van der Waals surface area contributed by atoms with Gasteiger partial charge in [-0.25, -0.2) is 4.79 Å². The van der Waals surface area contributed by atoms with Crippen LogP contribution in [0.15, 0.2) is 42.5 Å². The molecule has 2 aromatic carbocycles.